The van der Waals surface area contributed by atoms with Crippen LogP contribution < -0.4 is 10.1 Å². The van der Waals surface area contributed by atoms with Gasteiger partial charge in [-0.25, -0.2) is 0 Å². The summed E-state index contributed by atoms with van der Waals surface area (Å²) in [7, 11) is 1.84. The first-order chi connectivity index (χ1) is 9.39. The Morgan fingerprint density at radius 1 is 1.35 bits per heavy atom. The second-order valence-electron chi connectivity index (χ2n) is 4.60. The van der Waals surface area contributed by atoms with E-state index >= 15 is 0 Å². The molecule has 1 aromatic carbocycles. The Labute approximate surface area is 114 Å². The summed E-state index contributed by atoms with van der Waals surface area (Å²) < 4.78 is 39.8. The van der Waals surface area contributed by atoms with E-state index in [1.54, 1.807) is 4.90 Å². The summed E-state index contributed by atoms with van der Waals surface area (Å²) in [5, 5.41) is 3.10. The largest absolute Gasteiger partial charge is 0.573 e. The van der Waals surface area contributed by atoms with Crippen molar-refractivity contribution in [2.75, 3.05) is 20.1 Å². The monoisotopic (exact) mass is 288 g/mol. The van der Waals surface area contributed by atoms with E-state index in [1.807, 2.05) is 7.05 Å². The van der Waals surface area contributed by atoms with Crippen LogP contribution in [-0.2, 0) is 0 Å². The molecule has 1 aromatic rings. The summed E-state index contributed by atoms with van der Waals surface area (Å²) in [5.41, 5.74) is 0.358. The molecule has 0 aromatic heterocycles. The van der Waals surface area contributed by atoms with E-state index in [-0.39, 0.29) is 17.7 Å². The maximum Gasteiger partial charge on any atom is 0.573 e. The molecule has 1 aliphatic rings. The van der Waals surface area contributed by atoms with Gasteiger partial charge in [0.05, 0.1) is 0 Å². The Balaban J connectivity index is 2.01. The van der Waals surface area contributed by atoms with E-state index in [0.29, 0.717) is 18.7 Å². The molecule has 20 heavy (non-hydrogen) atoms. The van der Waals surface area contributed by atoms with Gasteiger partial charge in [0.15, 0.2) is 0 Å². The molecule has 1 saturated heterocycles. The highest BCUT2D eigenvalue weighted by atomic mass is 19.4. The highest BCUT2D eigenvalue weighted by molar-refractivity contribution is 5.94. The molecule has 0 unspecified atom stereocenters. The third kappa shape index (κ3) is 3.63. The number of hydrogen-bond acceptors (Lipinski definition) is 3. The van der Waals surface area contributed by atoms with Gasteiger partial charge in [-0.05, 0) is 37.7 Å². The fraction of sp³-hybridized carbons (Fsp3) is 0.462. The number of amides is 1. The van der Waals surface area contributed by atoms with Crippen molar-refractivity contribution < 1.29 is 22.7 Å². The van der Waals surface area contributed by atoms with Gasteiger partial charge in [-0.3, -0.25) is 4.79 Å². The topological polar surface area (TPSA) is 41.6 Å². The first-order valence-corrected chi connectivity index (χ1v) is 6.21. The highest BCUT2D eigenvalue weighted by Gasteiger charge is 2.31. The molecule has 0 saturated carbocycles. The predicted octanol–water partition coefficient (Wildman–Crippen LogP) is 2.02. The van der Waals surface area contributed by atoms with Crippen LogP contribution in [0.15, 0.2) is 24.3 Å². The number of alkyl halides is 3. The average Bonchev–Trinajstić information content (AvgIpc) is 2.85. The van der Waals surface area contributed by atoms with Crippen molar-refractivity contribution in [2.24, 2.45) is 0 Å². The lowest BCUT2D eigenvalue weighted by Gasteiger charge is -2.16. The first kappa shape index (κ1) is 14.6. The van der Waals surface area contributed by atoms with Crippen LogP contribution in [-0.4, -0.2) is 43.3 Å². The minimum absolute atomic E-state index is 0.179. The predicted molar refractivity (Wildman–Crippen MR) is 66.5 cm³/mol. The molecule has 2 rings (SSSR count). The van der Waals surface area contributed by atoms with Crippen molar-refractivity contribution in [3.8, 4) is 5.75 Å². The minimum atomic E-state index is -4.72. The normalized spacial score (nSPS) is 19.2. The van der Waals surface area contributed by atoms with Gasteiger partial charge in [0.1, 0.15) is 5.75 Å². The quantitative estimate of drug-likeness (QED) is 0.925. The molecule has 1 atom stereocenters. The Morgan fingerprint density at radius 2 is 2.00 bits per heavy atom. The number of carbonyl (C=O) groups is 1. The number of nitrogens with zero attached hydrogens (tertiary/aromatic N) is 1. The number of likely N-dealkylation sites (tertiary alicyclic amines) is 1. The van der Waals surface area contributed by atoms with Gasteiger partial charge in [0, 0.05) is 24.7 Å². The van der Waals surface area contributed by atoms with Crippen molar-refractivity contribution in [1.82, 2.24) is 10.2 Å². The van der Waals surface area contributed by atoms with Crippen LogP contribution >= 0.6 is 0 Å². The zero-order valence-electron chi connectivity index (χ0n) is 10.9. The molecule has 1 fully saturated rings. The average molecular weight is 288 g/mol. The lowest BCUT2D eigenvalue weighted by molar-refractivity contribution is -0.274. The van der Waals surface area contributed by atoms with E-state index in [2.05, 4.69) is 10.1 Å². The van der Waals surface area contributed by atoms with Crippen molar-refractivity contribution in [2.45, 2.75) is 18.8 Å². The number of hydrogen-bond donors (Lipinski definition) is 1. The number of nitrogens with one attached hydrogen (secondary N) is 1. The third-order valence-corrected chi connectivity index (χ3v) is 3.22. The van der Waals surface area contributed by atoms with E-state index in [4.69, 9.17) is 0 Å². The highest BCUT2D eigenvalue weighted by Crippen LogP contribution is 2.23. The van der Waals surface area contributed by atoms with Gasteiger partial charge in [-0.15, -0.1) is 13.2 Å². The molecule has 0 aliphatic carbocycles. The van der Waals surface area contributed by atoms with Crippen LogP contribution in [0.1, 0.15) is 16.8 Å². The van der Waals surface area contributed by atoms with Gasteiger partial charge >= 0.3 is 6.36 Å². The van der Waals surface area contributed by atoms with Crippen molar-refractivity contribution in [1.29, 1.82) is 0 Å². The second-order valence-corrected chi connectivity index (χ2v) is 4.60. The van der Waals surface area contributed by atoms with Crippen LogP contribution in [0.3, 0.4) is 0 Å². The summed E-state index contributed by atoms with van der Waals surface area (Å²) in [4.78, 5) is 13.8. The van der Waals surface area contributed by atoms with Crippen molar-refractivity contribution in [3.63, 3.8) is 0 Å². The number of likely N-dealkylation sites (N-methyl/N-ethyl adjacent to an activating group) is 1. The number of ether oxygens (including phenoxy) is 1. The van der Waals surface area contributed by atoms with E-state index in [1.165, 1.54) is 12.1 Å². The van der Waals surface area contributed by atoms with Crippen LogP contribution in [0.5, 0.6) is 5.75 Å². The van der Waals surface area contributed by atoms with Crippen LogP contribution in [0.2, 0.25) is 0 Å². The van der Waals surface area contributed by atoms with Gasteiger partial charge in [-0.1, -0.05) is 0 Å². The smallest absolute Gasteiger partial charge is 0.406 e. The lowest BCUT2D eigenvalue weighted by Crippen LogP contribution is -2.33. The molecular formula is C13H15F3N2O2. The molecule has 0 spiro atoms. The fourth-order valence-corrected chi connectivity index (χ4v) is 2.16. The van der Waals surface area contributed by atoms with Gasteiger partial charge in [0.25, 0.3) is 5.91 Å². The van der Waals surface area contributed by atoms with E-state index < -0.39 is 6.36 Å². The van der Waals surface area contributed by atoms with Gasteiger partial charge in [-0.2, -0.15) is 0 Å². The molecule has 7 heteroatoms. The minimum Gasteiger partial charge on any atom is -0.406 e. The Hall–Kier alpha value is -1.76. The lowest BCUT2D eigenvalue weighted by atomic mass is 10.2. The summed E-state index contributed by atoms with van der Waals surface area (Å²) in [5.74, 6) is -0.509. The molecule has 1 aliphatic heterocycles. The van der Waals surface area contributed by atoms with Crippen molar-refractivity contribution >= 4 is 5.91 Å². The molecule has 0 bridgehead atoms. The Morgan fingerprint density at radius 3 is 2.50 bits per heavy atom. The summed E-state index contributed by atoms with van der Waals surface area (Å²) in [6.45, 7) is 1.25. The van der Waals surface area contributed by atoms with Gasteiger partial charge in [0.2, 0.25) is 0 Å². The Kier molecular flexibility index (Phi) is 4.17. The zero-order valence-corrected chi connectivity index (χ0v) is 10.9. The zero-order chi connectivity index (χ0) is 14.8. The van der Waals surface area contributed by atoms with E-state index in [0.717, 1.165) is 18.6 Å². The molecule has 4 nitrogen and oxygen atoms in total. The molecule has 0 radical (unpaired) electrons. The first-order valence-electron chi connectivity index (χ1n) is 6.21. The van der Waals surface area contributed by atoms with Crippen LogP contribution in [0.4, 0.5) is 13.2 Å². The number of carbonyl (C=O) groups excluding carboxylic acids is 1. The molecule has 1 amide bonds. The number of rotatable bonds is 3. The maximum absolute atomic E-state index is 12.1. The standard InChI is InChI=1S/C13H15F3N2O2/c1-17-10-6-7-18(8-10)12(19)9-2-4-11(5-3-9)20-13(14,15)16/h2-5,10,17H,6-8H2,1H3/t10-/m1/s1. The Bertz CT molecular complexity index is 473. The van der Waals surface area contributed by atoms with Crippen LogP contribution in [0.25, 0.3) is 0 Å². The maximum atomic E-state index is 12.1. The van der Waals surface area contributed by atoms with E-state index in [9.17, 15) is 18.0 Å². The van der Waals surface area contributed by atoms with Crippen LogP contribution in [0, 0.1) is 0 Å². The second kappa shape index (κ2) is 5.70. The number of benzene rings is 1. The van der Waals surface area contributed by atoms with Gasteiger partial charge < -0.3 is 15.0 Å². The third-order valence-electron chi connectivity index (χ3n) is 3.22. The summed E-state index contributed by atoms with van der Waals surface area (Å²) in [6, 6.07) is 5.25. The SMILES string of the molecule is CN[C@@H]1CCN(C(=O)c2ccc(OC(F)(F)F)cc2)C1. The fourth-order valence-electron chi connectivity index (χ4n) is 2.16. The molecule has 1 N–H and O–H groups in total. The molecular weight excluding hydrogens is 273 g/mol. The number of halogens is 3. The van der Waals surface area contributed by atoms with Crippen molar-refractivity contribution in [3.05, 3.63) is 29.8 Å². The summed E-state index contributed by atoms with van der Waals surface area (Å²) >= 11 is 0. The summed E-state index contributed by atoms with van der Waals surface area (Å²) in [6.07, 6.45) is -3.85. The molecule has 1 heterocycles. The molecule has 110 valence electrons.